The Kier molecular flexibility index (Phi) is 11.3. The second kappa shape index (κ2) is 15.1. The van der Waals surface area contributed by atoms with Crippen molar-refractivity contribution in [1.82, 2.24) is 30.1 Å². The number of aromatic nitrogens is 3. The molecule has 3 heterocycles. The second-order valence-electron chi connectivity index (χ2n) is 13.0. The number of hydrogen-bond acceptors (Lipinski definition) is 11. The highest BCUT2D eigenvalue weighted by molar-refractivity contribution is 5.72. The molecule has 1 fully saturated rings. The first-order valence-electron chi connectivity index (χ1n) is 15.3. The van der Waals surface area contributed by atoms with Crippen molar-refractivity contribution in [2.45, 2.75) is 59.3 Å². The van der Waals surface area contributed by atoms with Gasteiger partial charge in [0, 0.05) is 69.5 Å². The highest BCUT2D eigenvalue weighted by Gasteiger charge is 2.22. The van der Waals surface area contributed by atoms with E-state index in [-0.39, 0.29) is 5.97 Å². The first kappa shape index (κ1) is 33.6. The zero-order valence-corrected chi connectivity index (χ0v) is 27.2. The maximum atomic E-state index is 12.2. The monoisotopic (exact) mass is 618 g/mol. The van der Waals surface area contributed by atoms with Crippen molar-refractivity contribution in [2.24, 2.45) is 0 Å². The molecule has 4 rings (SSSR count). The molecular weight excluding hydrogens is 572 g/mol. The predicted molar refractivity (Wildman–Crippen MR) is 175 cm³/mol. The topological polar surface area (TPSA) is 134 Å². The Balaban J connectivity index is 1.25. The molecule has 0 radical (unpaired) electrons. The number of anilines is 3. The summed E-state index contributed by atoms with van der Waals surface area (Å²) in [6.07, 6.45) is 3.03. The van der Waals surface area contributed by atoms with Gasteiger partial charge in [0.1, 0.15) is 17.0 Å². The average molecular weight is 619 g/mol. The second-order valence-corrected chi connectivity index (χ2v) is 13.0. The van der Waals surface area contributed by atoms with E-state index in [9.17, 15) is 9.59 Å². The van der Waals surface area contributed by atoms with Crippen LogP contribution in [0.15, 0.2) is 54.9 Å². The Morgan fingerprint density at radius 1 is 0.867 bits per heavy atom. The molecule has 1 aromatic carbocycles. The number of esters is 1. The predicted octanol–water partition coefficient (Wildman–Crippen LogP) is 4.68. The molecular formula is C33H46N8O4. The number of rotatable bonds is 11. The van der Waals surface area contributed by atoms with Crippen LogP contribution in [0.5, 0.6) is 0 Å². The molecule has 0 bridgehead atoms. The van der Waals surface area contributed by atoms with Crippen molar-refractivity contribution in [2.75, 3.05) is 56.4 Å². The van der Waals surface area contributed by atoms with Gasteiger partial charge >= 0.3 is 12.1 Å². The molecule has 3 N–H and O–H groups in total. The smallest absolute Gasteiger partial charge is 0.407 e. The van der Waals surface area contributed by atoms with Gasteiger partial charge in [-0.25, -0.2) is 19.7 Å². The van der Waals surface area contributed by atoms with E-state index in [1.54, 1.807) is 12.4 Å². The minimum Gasteiger partial charge on any atom is -0.459 e. The van der Waals surface area contributed by atoms with Gasteiger partial charge in [-0.3, -0.25) is 14.6 Å². The number of alkyl carbamates (subject to hydrolysis) is 1. The summed E-state index contributed by atoms with van der Waals surface area (Å²) >= 11 is 0. The number of piperazine rings is 1. The molecule has 2 aromatic heterocycles. The van der Waals surface area contributed by atoms with Crippen LogP contribution in [-0.2, 0) is 20.8 Å². The van der Waals surface area contributed by atoms with E-state index in [0.29, 0.717) is 31.4 Å². The molecule has 0 spiro atoms. The molecule has 12 nitrogen and oxygen atoms in total. The molecule has 0 unspecified atom stereocenters. The van der Waals surface area contributed by atoms with E-state index in [1.807, 2.05) is 71.9 Å². The quantitative estimate of drug-likeness (QED) is 0.204. The molecule has 1 amide bonds. The first-order chi connectivity index (χ1) is 21.3. The molecule has 12 heteroatoms. The molecule has 3 aromatic rings. The summed E-state index contributed by atoms with van der Waals surface area (Å²) in [7, 11) is 0. The maximum Gasteiger partial charge on any atom is 0.407 e. The summed E-state index contributed by atoms with van der Waals surface area (Å²) in [6.45, 7) is 16.7. The van der Waals surface area contributed by atoms with Crippen LogP contribution in [0.4, 0.5) is 22.2 Å². The summed E-state index contributed by atoms with van der Waals surface area (Å²) < 4.78 is 10.7. The average Bonchev–Trinajstić information content (AvgIpc) is 2.95. The molecule has 0 aliphatic carbocycles. The number of nitrogens with zero attached hydrogens (tertiary/aromatic N) is 5. The SMILES string of the molecule is CC(C)(C)OC(=O)CN1CCN(Cc2cccc(Nc3nccc(-c4ccc(NCCNC(=O)OC(C)(C)C)nc4)n3)c2)CC1. The first-order valence-corrected chi connectivity index (χ1v) is 15.3. The summed E-state index contributed by atoms with van der Waals surface area (Å²) in [5, 5.41) is 9.23. The number of nitrogens with one attached hydrogen (secondary N) is 3. The van der Waals surface area contributed by atoms with Gasteiger partial charge in [0.25, 0.3) is 0 Å². The molecule has 45 heavy (non-hydrogen) atoms. The van der Waals surface area contributed by atoms with Crippen LogP contribution < -0.4 is 16.0 Å². The summed E-state index contributed by atoms with van der Waals surface area (Å²) in [4.78, 5) is 42.1. The van der Waals surface area contributed by atoms with Gasteiger partial charge in [0.05, 0.1) is 12.2 Å². The number of ether oxygens (including phenoxy) is 2. The largest absolute Gasteiger partial charge is 0.459 e. The Hall–Kier alpha value is -4.29. The standard InChI is InChI=1S/C33H46N8O4/c1-32(2,3)44-29(42)23-41-18-16-40(17-19-41)22-24-8-7-9-26(20-24)38-30-35-13-12-27(39-30)25-10-11-28(37-21-25)34-14-15-36-31(43)45-33(4,5)6/h7-13,20-21H,14-19,22-23H2,1-6H3,(H,34,37)(H,36,43)(H,35,38,39). The van der Waals surface area contributed by atoms with Gasteiger partial charge in [-0.05, 0) is 77.4 Å². The minimum atomic E-state index is -0.528. The van der Waals surface area contributed by atoms with Gasteiger partial charge in [0.2, 0.25) is 5.95 Å². The van der Waals surface area contributed by atoms with Crippen LogP contribution in [0.25, 0.3) is 11.3 Å². The van der Waals surface area contributed by atoms with Crippen molar-refractivity contribution in [3.63, 3.8) is 0 Å². The number of carbonyl (C=O) groups is 2. The van der Waals surface area contributed by atoms with E-state index in [1.165, 1.54) is 5.56 Å². The van der Waals surface area contributed by atoms with Crippen molar-refractivity contribution in [1.29, 1.82) is 0 Å². The highest BCUT2D eigenvalue weighted by Crippen LogP contribution is 2.21. The Bertz CT molecular complexity index is 1410. The van der Waals surface area contributed by atoms with E-state index in [2.05, 4.69) is 47.9 Å². The van der Waals surface area contributed by atoms with Crippen LogP contribution in [0.2, 0.25) is 0 Å². The fourth-order valence-electron chi connectivity index (χ4n) is 4.70. The lowest BCUT2D eigenvalue weighted by Crippen LogP contribution is -2.48. The Morgan fingerprint density at radius 2 is 1.60 bits per heavy atom. The fourth-order valence-corrected chi connectivity index (χ4v) is 4.70. The molecule has 1 saturated heterocycles. The Morgan fingerprint density at radius 3 is 2.29 bits per heavy atom. The summed E-state index contributed by atoms with van der Waals surface area (Å²) in [5.74, 6) is 1.02. The van der Waals surface area contributed by atoms with Crippen LogP contribution in [0, 0.1) is 0 Å². The zero-order chi connectivity index (χ0) is 32.5. The highest BCUT2D eigenvalue weighted by atomic mass is 16.6. The molecule has 0 saturated carbocycles. The minimum absolute atomic E-state index is 0.173. The van der Waals surface area contributed by atoms with Crippen molar-refractivity contribution >= 4 is 29.5 Å². The van der Waals surface area contributed by atoms with Gasteiger partial charge < -0.3 is 25.4 Å². The van der Waals surface area contributed by atoms with Gasteiger partial charge in [-0.2, -0.15) is 0 Å². The third-order valence-corrected chi connectivity index (χ3v) is 6.64. The fraction of sp³-hybridized carbons (Fsp3) is 0.485. The number of amides is 1. The lowest BCUT2D eigenvalue weighted by molar-refractivity contribution is -0.156. The summed E-state index contributed by atoms with van der Waals surface area (Å²) in [6, 6.07) is 13.9. The molecule has 1 aliphatic heterocycles. The summed E-state index contributed by atoms with van der Waals surface area (Å²) in [5.41, 5.74) is 2.71. The number of hydrogen-bond donors (Lipinski definition) is 3. The third kappa shape index (κ3) is 12.0. The number of benzene rings is 1. The van der Waals surface area contributed by atoms with E-state index >= 15 is 0 Å². The van der Waals surface area contributed by atoms with Crippen LogP contribution >= 0.6 is 0 Å². The lowest BCUT2D eigenvalue weighted by Gasteiger charge is -2.34. The molecule has 242 valence electrons. The van der Waals surface area contributed by atoms with Gasteiger partial charge in [-0.15, -0.1) is 0 Å². The zero-order valence-electron chi connectivity index (χ0n) is 27.2. The van der Waals surface area contributed by atoms with Gasteiger partial charge in [-0.1, -0.05) is 12.1 Å². The number of carbonyl (C=O) groups excluding carboxylic acids is 2. The molecule has 0 atom stereocenters. The normalized spacial score (nSPS) is 14.4. The van der Waals surface area contributed by atoms with E-state index in [4.69, 9.17) is 14.5 Å². The third-order valence-electron chi connectivity index (χ3n) is 6.64. The van der Waals surface area contributed by atoms with Crippen LogP contribution in [0.3, 0.4) is 0 Å². The van der Waals surface area contributed by atoms with Gasteiger partial charge in [0.15, 0.2) is 0 Å². The van der Waals surface area contributed by atoms with Crippen LogP contribution in [0.1, 0.15) is 47.1 Å². The van der Waals surface area contributed by atoms with E-state index < -0.39 is 17.3 Å². The Labute approximate surface area is 265 Å². The van der Waals surface area contributed by atoms with Crippen molar-refractivity contribution < 1.29 is 19.1 Å². The van der Waals surface area contributed by atoms with Crippen molar-refractivity contribution in [3.8, 4) is 11.3 Å². The molecule has 1 aliphatic rings. The maximum absolute atomic E-state index is 12.2. The van der Waals surface area contributed by atoms with Crippen molar-refractivity contribution in [3.05, 3.63) is 60.4 Å². The number of pyridine rings is 1. The van der Waals surface area contributed by atoms with E-state index in [0.717, 1.165) is 49.7 Å². The lowest BCUT2D eigenvalue weighted by atomic mass is 10.1. The van der Waals surface area contributed by atoms with Crippen LogP contribution in [-0.4, -0.2) is 93.8 Å².